The zero-order valence-corrected chi connectivity index (χ0v) is 15.2. The van der Waals surface area contributed by atoms with Gasteiger partial charge in [0.25, 0.3) is 0 Å². The minimum Gasteiger partial charge on any atom is -0.465 e. The molecule has 0 aliphatic carbocycles. The van der Waals surface area contributed by atoms with Crippen molar-refractivity contribution in [2.45, 2.75) is 39.0 Å². The third kappa shape index (κ3) is 4.71. The fraction of sp³-hybridized carbons (Fsp3) is 0.632. The smallest absolute Gasteiger partial charge is 0.407 e. The second kappa shape index (κ2) is 8.17. The van der Waals surface area contributed by atoms with E-state index in [2.05, 4.69) is 47.9 Å². The summed E-state index contributed by atoms with van der Waals surface area (Å²) < 4.78 is 5.42. The Bertz CT molecular complexity index is 577. The fourth-order valence-corrected chi connectivity index (χ4v) is 3.88. The lowest BCUT2D eigenvalue weighted by molar-refractivity contribution is 0.0335. The van der Waals surface area contributed by atoms with E-state index in [1.165, 1.54) is 16.0 Å². The molecular formula is C19H29N3O3. The van der Waals surface area contributed by atoms with Crippen LogP contribution in [0.3, 0.4) is 0 Å². The quantitative estimate of drug-likeness (QED) is 0.904. The number of hydrogen-bond acceptors (Lipinski definition) is 4. The number of amides is 1. The summed E-state index contributed by atoms with van der Waals surface area (Å²) in [5.74, 6) is 0. The van der Waals surface area contributed by atoms with Gasteiger partial charge >= 0.3 is 6.09 Å². The van der Waals surface area contributed by atoms with Crippen molar-refractivity contribution >= 4 is 6.09 Å². The van der Waals surface area contributed by atoms with Gasteiger partial charge in [0.15, 0.2) is 0 Å². The molecule has 6 heteroatoms. The van der Waals surface area contributed by atoms with Gasteiger partial charge in [-0.2, -0.15) is 0 Å². The Kier molecular flexibility index (Phi) is 5.93. The van der Waals surface area contributed by atoms with Crippen molar-refractivity contribution in [3.05, 3.63) is 35.4 Å². The van der Waals surface area contributed by atoms with Gasteiger partial charge in [-0.05, 0) is 25.0 Å². The fourth-order valence-electron chi connectivity index (χ4n) is 3.88. The van der Waals surface area contributed by atoms with Crippen LogP contribution in [-0.4, -0.2) is 77.4 Å². The molecule has 2 saturated heterocycles. The van der Waals surface area contributed by atoms with Crippen molar-refractivity contribution < 1.29 is 14.6 Å². The zero-order valence-electron chi connectivity index (χ0n) is 15.2. The summed E-state index contributed by atoms with van der Waals surface area (Å²) in [4.78, 5) is 17.6. The van der Waals surface area contributed by atoms with Crippen LogP contribution in [0.15, 0.2) is 24.3 Å². The number of piperazine rings is 1. The van der Waals surface area contributed by atoms with Crippen LogP contribution < -0.4 is 0 Å². The molecule has 3 rings (SSSR count). The summed E-state index contributed by atoms with van der Waals surface area (Å²) in [6.45, 7) is 10.9. The summed E-state index contributed by atoms with van der Waals surface area (Å²) in [5, 5.41) is 9.24. The van der Waals surface area contributed by atoms with E-state index in [9.17, 15) is 9.90 Å². The molecule has 6 nitrogen and oxygen atoms in total. The molecule has 2 atom stereocenters. The second-order valence-electron chi connectivity index (χ2n) is 7.27. The third-order valence-corrected chi connectivity index (χ3v) is 5.24. The molecule has 25 heavy (non-hydrogen) atoms. The first-order chi connectivity index (χ1) is 12.0. The van der Waals surface area contributed by atoms with Crippen LogP contribution in [0.2, 0.25) is 0 Å². The molecule has 1 aromatic carbocycles. The summed E-state index contributed by atoms with van der Waals surface area (Å²) in [6, 6.07) is 9.23. The number of hydrogen-bond donors (Lipinski definition) is 1. The van der Waals surface area contributed by atoms with E-state index < -0.39 is 6.09 Å². The van der Waals surface area contributed by atoms with Crippen LogP contribution in [0.4, 0.5) is 4.79 Å². The van der Waals surface area contributed by atoms with Gasteiger partial charge in [0.1, 0.15) is 0 Å². The number of rotatable bonds is 4. The largest absolute Gasteiger partial charge is 0.465 e. The Morgan fingerprint density at radius 1 is 1.12 bits per heavy atom. The maximum absolute atomic E-state index is 11.2. The Labute approximate surface area is 150 Å². The summed E-state index contributed by atoms with van der Waals surface area (Å²) in [7, 11) is 0. The maximum Gasteiger partial charge on any atom is 0.407 e. The Balaban J connectivity index is 1.62. The van der Waals surface area contributed by atoms with Gasteiger partial charge in [-0.15, -0.1) is 0 Å². The first-order valence-electron chi connectivity index (χ1n) is 9.14. The van der Waals surface area contributed by atoms with Gasteiger partial charge < -0.3 is 14.7 Å². The molecule has 2 fully saturated rings. The van der Waals surface area contributed by atoms with Crippen molar-refractivity contribution in [3.8, 4) is 0 Å². The second-order valence-corrected chi connectivity index (χ2v) is 7.27. The molecule has 0 unspecified atom stereocenters. The van der Waals surface area contributed by atoms with Crippen molar-refractivity contribution in [1.29, 1.82) is 0 Å². The highest BCUT2D eigenvalue weighted by molar-refractivity contribution is 5.65. The maximum atomic E-state index is 11.2. The number of nitrogens with zero attached hydrogens (tertiary/aromatic N) is 3. The van der Waals surface area contributed by atoms with Gasteiger partial charge in [-0.25, -0.2) is 4.79 Å². The van der Waals surface area contributed by atoms with Gasteiger partial charge in [-0.1, -0.05) is 24.3 Å². The van der Waals surface area contributed by atoms with E-state index in [0.717, 1.165) is 39.4 Å². The average molecular weight is 347 g/mol. The number of benzene rings is 1. The van der Waals surface area contributed by atoms with Crippen molar-refractivity contribution in [2.24, 2.45) is 0 Å². The first-order valence-corrected chi connectivity index (χ1v) is 9.14. The van der Waals surface area contributed by atoms with Gasteiger partial charge in [-0.3, -0.25) is 9.80 Å². The standard InChI is InChI=1S/C19H29N3O3/c1-15-11-21(19(23)24)12-16(2)22(15)14-18-5-3-4-17(10-18)13-20-6-8-25-9-7-20/h3-5,10,15-16H,6-9,11-14H2,1-2H3,(H,23,24)/t15-,16+. The molecule has 0 saturated carbocycles. The van der Waals surface area contributed by atoms with Crippen molar-refractivity contribution in [3.63, 3.8) is 0 Å². The predicted octanol–water partition coefficient (Wildman–Crippen LogP) is 2.09. The van der Waals surface area contributed by atoms with E-state index in [0.29, 0.717) is 13.1 Å². The highest BCUT2D eigenvalue weighted by Crippen LogP contribution is 2.20. The van der Waals surface area contributed by atoms with Gasteiger partial charge in [0.05, 0.1) is 13.2 Å². The van der Waals surface area contributed by atoms with Crippen molar-refractivity contribution in [2.75, 3.05) is 39.4 Å². The summed E-state index contributed by atoms with van der Waals surface area (Å²) in [5.41, 5.74) is 2.64. The number of ether oxygens (including phenoxy) is 1. The number of carboxylic acid groups (broad SMARTS) is 1. The first kappa shape index (κ1) is 18.2. The molecular weight excluding hydrogens is 318 g/mol. The highest BCUT2D eigenvalue weighted by atomic mass is 16.5. The molecule has 1 amide bonds. The number of morpholine rings is 1. The van der Waals surface area contributed by atoms with E-state index in [-0.39, 0.29) is 12.1 Å². The number of carbonyl (C=O) groups is 1. The average Bonchev–Trinajstić information content (AvgIpc) is 2.59. The third-order valence-electron chi connectivity index (χ3n) is 5.24. The molecule has 1 N–H and O–H groups in total. The van der Waals surface area contributed by atoms with Crippen LogP contribution >= 0.6 is 0 Å². The molecule has 138 valence electrons. The molecule has 0 spiro atoms. The highest BCUT2D eigenvalue weighted by Gasteiger charge is 2.31. The lowest BCUT2D eigenvalue weighted by atomic mass is 10.0. The van der Waals surface area contributed by atoms with E-state index in [4.69, 9.17) is 4.74 Å². The zero-order chi connectivity index (χ0) is 17.8. The SMILES string of the molecule is C[C@@H]1CN(C(=O)O)C[C@H](C)N1Cc1cccc(CN2CCOCC2)c1. The molecule has 1 aromatic rings. The molecule has 0 bridgehead atoms. The van der Waals surface area contributed by atoms with Crippen molar-refractivity contribution in [1.82, 2.24) is 14.7 Å². The Morgan fingerprint density at radius 2 is 1.72 bits per heavy atom. The lowest BCUT2D eigenvalue weighted by Gasteiger charge is -2.43. The summed E-state index contributed by atoms with van der Waals surface area (Å²) in [6.07, 6.45) is -0.814. The molecule has 2 aliphatic rings. The van der Waals surface area contributed by atoms with E-state index in [1.54, 1.807) is 0 Å². The van der Waals surface area contributed by atoms with E-state index in [1.807, 2.05) is 0 Å². The monoisotopic (exact) mass is 347 g/mol. The minimum atomic E-state index is -0.814. The summed E-state index contributed by atoms with van der Waals surface area (Å²) >= 11 is 0. The molecule has 0 aromatic heterocycles. The van der Waals surface area contributed by atoms with Crippen LogP contribution in [0.25, 0.3) is 0 Å². The topological polar surface area (TPSA) is 56.3 Å². The predicted molar refractivity (Wildman–Crippen MR) is 96.6 cm³/mol. The Morgan fingerprint density at radius 3 is 2.32 bits per heavy atom. The molecule has 2 aliphatic heterocycles. The van der Waals surface area contributed by atoms with Crippen LogP contribution in [0, 0.1) is 0 Å². The van der Waals surface area contributed by atoms with Crippen LogP contribution in [0.1, 0.15) is 25.0 Å². The van der Waals surface area contributed by atoms with Gasteiger partial charge in [0, 0.05) is 51.4 Å². The van der Waals surface area contributed by atoms with E-state index >= 15 is 0 Å². The lowest BCUT2D eigenvalue weighted by Crippen LogP contribution is -2.57. The molecule has 2 heterocycles. The van der Waals surface area contributed by atoms with Crippen LogP contribution in [-0.2, 0) is 17.8 Å². The van der Waals surface area contributed by atoms with Gasteiger partial charge in [0.2, 0.25) is 0 Å². The minimum absolute atomic E-state index is 0.225. The normalized spacial score (nSPS) is 25.9. The Hall–Kier alpha value is -1.63. The van der Waals surface area contributed by atoms with Crippen LogP contribution in [0.5, 0.6) is 0 Å². The molecule has 0 radical (unpaired) electrons.